The molecule has 100 valence electrons. The number of hydrogen-bond donors (Lipinski definition) is 2. The number of carbonyl (C=O) groups excluding carboxylic acids is 1. The van der Waals surface area contributed by atoms with Gasteiger partial charge in [0.05, 0.1) is 6.54 Å². The Bertz CT molecular complexity index is 395. The van der Waals surface area contributed by atoms with Gasteiger partial charge >= 0.3 is 0 Å². The molecule has 0 aliphatic rings. The van der Waals surface area contributed by atoms with E-state index in [0.717, 1.165) is 4.47 Å². The highest BCUT2D eigenvalue weighted by Crippen LogP contribution is 2.16. The maximum atomic E-state index is 11.7. The standard InChI is InChI=1S/C14H21BrN2O/c1-10(11-5-7-12(15)8-6-11)16-9-13(18)17-14(2,3)4/h5-8,10,16H,9H2,1-4H3,(H,17,18)/t10-/m0/s1. The first kappa shape index (κ1) is 15.2. The number of halogens is 1. The minimum absolute atomic E-state index is 0.0199. The molecule has 0 heterocycles. The quantitative estimate of drug-likeness (QED) is 0.897. The summed E-state index contributed by atoms with van der Waals surface area (Å²) in [5.41, 5.74) is 0.987. The normalized spacial score (nSPS) is 13.2. The van der Waals surface area contributed by atoms with E-state index in [0.29, 0.717) is 6.54 Å². The van der Waals surface area contributed by atoms with Gasteiger partial charge in [-0.15, -0.1) is 0 Å². The molecule has 1 aromatic rings. The van der Waals surface area contributed by atoms with Crippen LogP contribution in [0.3, 0.4) is 0 Å². The Hall–Kier alpha value is -0.870. The highest BCUT2D eigenvalue weighted by Gasteiger charge is 2.14. The van der Waals surface area contributed by atoms with Gasteiger partial charge in [-0.2, -0.15) is 0 Å². The van der Waals surface area contributed by atoms with Crippen LogP contribution in [-0.2, 0) is 4.79 Å². The summed E-state index contributed by atoms with van der Waals surface area (Å²) in [6, 6.07) is 8.25. The van der Waals surface area contributed by atoms with Gasteiger partial charge in [0.25, 0.3) is 0 Å². The summed E-state index contributed by atoms with van der Waals surface area (Å²) in [6.45, 7) is 8.30. The van der Waals surface area contributed by atoms with Crippen molar-refractivity contribution in [1.82, 2.24) is 10.6 Å². The lowest BCUT2D eigenvalue weighted by molar-refractivity contribution is -0.121. The van der Waals surface area contributed by atoms with Gasteiger partial charge in [-0.25, -0.2) is 0 Å². The van der Waals surface area contributed by atoms with Crippen molar-refractivity contribution >= 4 is 21.8 Å². The second-order valence-electron chi connectivity index (χ2n) is 5.45. The monoisotopic (exact) mass is 312 g/mol. The van der Waals surface area contributed by atoms with Gasteiger partial charge < -0.3 is 10.6 Å². The number of carbonyl (C=O) groups is 1. The number of benzene rings is 1. The number of rotatable bonds is 4. The van der Waals surface area contributed by atoms with E-state index in [2.05, 4.69) is 26.6 Å². The Labute approximate surface area is 117 Å². The second-order valence-corrected chi connectivity index (χ2v) is 6.37. The van der Waals surface area contributed by atoms with Crippen LogP contribution in [0.25, 0.3) is 0 Å². The first-order valence-corrected chi connectivity index (χ1v) is 6.87. The third-order valence-corrected chi connectivity index (χ3v) is 2.98. The maximum Gasteiger partial charge on any atom is 0.234 e. The molecule has 0 aromatic heterocycles. The van der Waals surface area contributed by atoms with Crippen molar-refractivity contribution in [2.75, 3.05) is 6.54 Å². The number of amides is 1. The highest BCUT2D eigenvalue weighted by atomic mass is 79.9. The Morgan fingerprint density at radius 3 is 2.33 bits per heavy atom. The minimum Gasteiger partial charge on any atom is -0.350 e. The first-order valence-electron chi connectivity index (χ1n) is 6.08. The lowest BCUT2D eigenvalue weighted by Crippen LogP contribution is -2.45. The fraction of sp³-hybridized carbons (Fsp3) is 0.500. The van der Waals surface area contributed by atoms with E-state index in [-0.39, 0.29) is 17.5 Å². The summed E-state index contributed by atoms with van der Waals surface area (Å²) in [5, 5.41) is 6.14. The molecular formula is C14H21BrN2O. The molecule has 0 spiro atoms. The maximum absolute atomic E-state index is 11.7. The van der Waals surface area contributed by atoms with Gasteiger partial charge in [0, 0.05) is 16.1 Å². The predicted octanol–water partition coefficient (Wildman–Crippen LogP) is 3.01. The summed E-state index contributed by atoms with van der Waals surface area (Å²) < 4.78 is 1.06. The van der Waals surface area contributed by atoms with Crippen molar-refractivity contribution in [2.45, 2.75) is 39.3 Å². The molecule has 1 aromatic carbocycles. The fourth-order valence-corrected chi connectivity index (χ4v) is 1.84. The third-order valence-electron chi connectivity index (χ3n) is 2.45. The largest absolute Gasteiger partial charge is 0.350 e. The van der Waals surface area contributed by atoms with Gasteiger partial charge in [-0.1, -0.05) is 28.1 Å². The van der Waals surface area contributed by atoms with Crippen LogP contribution >= 0.6 is 15.9 Å². The molecule has 0 unspecified atom stereocenters. The van der Waals surface area contributed by atoms with E-state index >= 15 is 0 Å². The molecule has 0 fully saturated rings. The summed E-state index contributed by atoms with van der Waals surface area (Å²) in [4.78, 5) is 11.7. The van der Waals surface area contributed by atoms with E-state index in [9.17, 15) is 4.79 Å². The molecule has 0 radical (unpaired) electrons. The average molecular weight is 313 g/mol. The van der Waals surface area contributed by atoms with E-state index in [1.54, 1.807) is 0 Å². The topological polar surface area (TPSA) is 41.1 Å². The van der Waals surface area contributed by atoms with Crippen molar-refractivity contribution in [2.24, 2.45) is 0 Å². The van der Waals surface area contributed by atoms with Gasteiger partial charge in [0.15, 0.2) is 0 Å². The van der Waals surface area contributed by atoms with Gasteiger partial charge in [-0.05, 0) is 45.4 Å². The fourth-order valence-electron chi connectivity index (χ4n) is 1.58. The van der Waals surface area contributed by atoms with Crippen molar-refractivity contribution < 1.29 is 4.79 Å². The molecule has 1 atom stereocenters. The van der Waals surface area contributed by atoms with Crippen LogP contribution < -0.4 is 10.6 Å². The minimum atomic E-state index is -0.181. The molecule has 0 saturated heterocycles. The molecule has 18 heavy (non-hydrogen) atoms. The van der Waals surface area contributed by atoms with Gasteiger partial charge in [-0.3, -0.25) is 4.79 Å². The van der Waals surface area contributed by atoms with Gasteiger partial charge in [0.2, 0.25) is 5.91 Å². The second kappa shape index (κ2) is 6.34. The van der Waals surface area contributed by atoms with Crippen LogP contribution in [0, 0.1) is 0 Å². The molecule has 3 nitrogen and oxygen atoms in total. The molecule has 0 aliphatic heterocycles. The zero-order chi connectivity index (χ0) is 13.8. The van der Waals surface area contributed by atoms with Gasteiger partial charge in [0.1, 0.15) is 0 Å². The molecule has 0 bridgehead atoms. The lowest BCUT2D eigenvalue weighted by atomic mass is 10.1. The number of hydrogen-bond acceptors (Lipinski definition) is 2. The molecular weight excluding hydrogens is 292 g/mol. The predicted molar refractivity (Wildman–Crippen MR) is 78.5 cm³/mol. The zero-order valence-electron chi connectivity index (χ0n) is 11.4. The summed E-state index contributed by atoms with van der Waals surface area (Å²) in [7, 11) is 0. The van der Waals surface area contributed by atoms with Crippen LogP contribution in [0.4, 0.5) is 0 Å². The van der Waals surface area contributed by atoms with E-state index in [1.165, 1.54) is 5.56 Å². The van der Waals surface area contributed by atoms with Crippen LogP contribution in [0.1, 0.15) is 39.3 Å². The van der Waals surface area contributed by atoms with E-state index in [1.807, 2.05) is 52.0 Å². The molecule has 2 N–H and O–H groups in total. The van der Waals surface area contributed by atoms with Crippen LogP contribution in [-0.4, -0.2) is 18.0 Å². The summed E-state index contributed by atoms with van der Waals surface area (Å²) in [6.07, 6.45) is 0. The molecule has 1 amide bonds. The first-order chi connectivity index (χ1) is 8.28. The molecule has 1 rings (SSSR count). The number of nitrogens with one attached hydrogen (secondary N) is 2. The SMILES string of the molecule is C[C@H](NCC(=O)NC(C)(C)C)c1ccc(Br)cc1. The lowest BCUT2D eigenvalue weighted by Gasteiger charge is -2.21. The Kier molecular flexibility index (Phi) is 5.35. The van der Waals surface area contributed by atoms with Crippen LogP contribution in [0.2, 0.25) is 0 Å². The van der Waals surface area contributed by atoms with Crippen LogP contribution in [0.15, 0.2) is 28.7 Å². The Morgan fingerprint density at radius 2 is 1.83 bits per heavy atom. The van der Waals surface area contributed by atoms with Crippen molar-refractivity contribution in [3.8, 4) is 0 Å². The molecule has 0 aliphatic carbocycles. The molecule has 0 saturated carbocycles. The van der Waals surface area contributed by atoms with E-state index < -0.39 is 0 Å². The van der Waals surface area contributed by atoms with E-state index in [4.69, 9.17) is 0 Å². The van der Waals surface area contributed by atoms with Crippen molar-refractivity contribution in [1.29, 1.82) is 0 Å². The summed E-state index contributed by atoms with van der Waals surface area (Å²) in [5.74, 6) is 0.0199. The Morgan fingerprint density at radius 1 is 1.28 bits per heavy atom. The van der Waals surface area contributed by atoms with Crippen molar-refractivity contribution in [3.63, 3.8) is 0 Å². The van der Waals surface area contributed by atoms with Crippen molar-refractivity contribution in [3.05, 3.63) is 34.3 Å². The third kappa shape index (κ3) is 5.65. The summed E-state index contributed by atoms with van der Waals surface area (Å²) >= 11 is 3.41. The Balaban J connectivity index is 2.44. The smallest absolute Gasteiger partial charge is 0.234 e. The van der Waals surface area contributed by atoms with Crippen LogP contribution in [0.5, 0.6) is 0 Å². The highest BCUT2D eigenvalue weighted by molar-refractivity contribution is 9.10. The molecule has 4 heteroatoms. The average Bonchev–Trinajstić information content (AvgIpc) is 2.24. The zero-order valence-corrected chi connectivity index (χ0v) is 13.0.